The molecule has 4 nitrogen and oxygen atoms in total. The summed E-state index contributed by atoms with van der Waals surface area (Å²) in [5.41, 5.74) is 1.20. The molecule has 0 bridgehead atoms. The van der Waals surface area contributed by atoms with Crippen LogP contribution in [0, 0.1) is 5.92 Å². The van der Waals surface area contributed by atoms with E-state index in [0.717, 1.165) is 12.5 Å². The Morgan fingerprint density at radius 3 is 2.88 bits per heavy atom. The van der Waals surface area contributed by atoms with Crippen molar-refractivity contribution in [1.82, 2.24) is 15.5 Å². The molecule has 2 rings (SSSR count). The number of methoxy groups -OCH3 is 1. The molecule has 1 saturated carbocycles. The second-order valence-electron chi connectivity index (χ2n) is 4.98. The zero-order chi connectivity index (χ0) is 12.1. The third kappa shape index (κ3) is 3.30. The lowest BCUT2D eigenvalue weighted by molar-refractivity contribution is 0.0524. The van der Waals surface area contributed by atoms with E-state index in [-0.39, 0.29) is 0 Å². The molecule has 0 aromatic carbocycles. The van der Waals surface area contributed by atoms with Crippen LogP contribution in [0.3, 0.4) is 0 Å². The van der Waals surface area contributed by atoms with Crippen molar-refractivity contribution in [1.29, 1.82) is 0 Å². The number of nitrogens with one attached hydrogen (secondary N) is 2. The van der Waals surface area contributed by atoms with Crippen LogP contribution in [0.2, 0.25) is 0 Å². The van der Waals surface area contributed by atoms with Gasteiger partial charge in [-0.25, -0.2) is 0 Å². The molecule has 96 valence electrons. The third-order valence-electron chi connectivity index (χ3n) is 3.87. The Kier molecular flexibility index (Phi) is 4.57. The Morgan fingerprint density at radius 2 is 2.29 bits per heavy atom. The lowest BCUT2D eigenvalue weighted by Crippen LogP contribution is -2.34. The van der Waals surface area contributed by atoms with Crippen LogP contribution in [0.1, 0.15) is 44.2 Å². The van der Waals surface area contributed by atoms with Crippen molar-refractivity contribution < 1.29 is 4.74 Å². The average molecular weight is 237 g/mol. The molecule has 0 spiro atoms. The lowest BCUT2D eigenvalue weighted by atomic mass is 10.0. The lowest BCUT2D eigenvalue weighted by Gasteiger charge is -2.24. The number of H-pyrrole nitrogens is 1. The van der Waals surface area contributed by atoms with Crippen molar-refractivity contribution in [3.8, 4) is 0 Å². The molecule has 0 aliphatic heterocycles. The second kappa shape index (κ2) is 6.17. The SMILES string of the molecule is COC(CNC(C)c1cn[nH]c1)C1CCCC1. The molecule has 17 heavy (non-hydrogen) atoms. The van der Waals surface area contributed by atoms with Gasteiger partial charge in [-0.15, -0.1) is 0 Å². The topological polar surface area (TPSA) is 49.9 Å². The Morgan fingerprint density at radius 1 is 1.53 bits per heavy atom. The summed E-state index contributed by atoms with van der Waals surface area (Å²) in [6, 6.07) is 0.327. The normalized spacial score (nSPS) is 20.6. The van der Waals surface area contributed by atoms with Crippen molar-refractivity contribution in [2.24, 2.45) is 5.92 Å². The van der Waals surface area contributed by atoms with Crippen LogP contribution in [0.15, 0.2) is 12.4 Å². The molecule has 0 amide bonds. The summed E-state index contributed by atoms with van der Waals surface area (Å²) < 4.78 is 5.62. The molecule has 1 heterocycles. The fourth-order valence-corrected chi connectivity index (χ4v) is 2.68. The fourth-order valence-electron chi connectivity index (χ4n) is 2.68. The highest BCUT2D eigenvalue weighted by molar-refractivity contribution is 5.07. The fraction of sp³-hybridized carbons (Fsp3) is 0.769. The van der Waals surface area contributed by atoms with Gasteiger partial charge in [0.25, 0.3) is 0 Å². The average Bonchev–Trinajstić information content (AvgIpc) is 3.02. The van der Waals surface area contributed by atoms with Gasteiger partial charge in [0.15, 0.2) is 0 Å². The van der Waals surface area contributed by atoms with Crippen LogP contribution in [0.25, 0.3) is 0 Å². The van der Waals surface area contributed by atoms with E-state index in [9.17, 15) is 0 Å². The highest BCUT2D eigenvalue weighted by Gasteiger charge is 2.25. The maximum atomic E-state index is 5.62. The van der Waals surface area contributed by atoms with Crippen LogP contribution in [0.5, 0.6) is 0 Å². The Hall–Kier alpha value is -0.870. The molecular formula is C13H23N3O. The molecule has 0 saturated heterocycles. The number of rotatable bonds is 6. The summed E-state index contributed by atoms with van der Waals surface area (Å²) >= 11 is 0. The van der Waals surface area contributed by atoms with Gasteiger partial charge in [-0.3, -0.25) is 5.10 Å². The number of nitrogens with zero attached hydrogens (tertiary/aromatic N) is 1. The minimum absolute atomic E-state index is 0.327. The van der Waals surface area contributed by atoms with E-state index in [2.05, 4.69) is 22.4 Å². The van der Waals surface area contributed by atoms with Crippen molar-refractivity contribution in [2.45, 2.75) is 44.8 Å². The van der Waals surface area contributed by atoms with Crippen LogP contribution < -0.4 is 5.32 Å². The first kappa shape index (κ1) is 12.6. The van der Waals surface area contributed by atoms with E-state index in [1.54, 1.807) is 0 Å². The first-order valence-corrected chi connectivity index (χ1v) is 6.56. The summed E-state index contributed by atoms with van der Waals surface area (Å²) in [6.45, 7) is 3.08. The molecule has 1 aliphatic rings. The maximum Gasteiger partial charge on any atom is 0.0723 e. The van der Waals surface area contributed by atoms with Crippen molar-refractivity contribution >= 4 is 0 Å². The van der Waals surface area contributed by atoms with Gasteiger partial charge in [-0.2, -0.15) is 5.10 Å². The first-order chi connectivity index (χ1) is 8.31. The third-order valence-corrected chi connectivity index (χ3v) is 3.87. The smallest absolute Gasteiger partial charge is 0.0723 e. The predicted molar refractivity (Wildman–Crippen MR) is 67.8 cm³/mol. The molecular weight excluding hydrogens is 214 g/mol. The van der Waals surface area contributed by atoms with E-state index in [0.29, 0.717) is 12.1 Å². The number of hydrogen-bond acceptors (Lipinski definition) is 3. The summed E-state index contributed by atoms with van der Waals surface area (Å²) in [5.74, 6) is 0.740. The Bertz CT molecular complexity index is 306. The van der Waals surface area contributed by atoms with E-state index in [1.807, 2.05) is 19.5 Å². The molecule has 2 N–H and O–H groups in total. The molecule has 2 atom stereocenters. The largest absolute Gasteiger partial charge is 0.380 e. The first-order valence-electron chi connectivity index (χ1n) is 6.56. The van der Waals surface area contributed by atoms with Gasteiger partial charge < -0.3 is 10.1 Å². The second-order valence-corrected chi connectivity index (χ2v) is 4.98. The molecule has 1 aliphatic carbocycles. The molecule has 1 fully saturated rings. The zero-order valence-corrected chi connectivity index (χ0v) is 10.8. The van der Waals surface area contributed by atoms with Crippen molar-refractivity contribution in [2.75, 3.05) is 13.7 Å². The van der Waals surface area contributed by atoms with Crippen LogP contribution in [-0.4, -0.2) is 30.0 Å². The minimum Gasteiger partial charge on any atom is -0.380 e. The molecule has 1 aromatic rings. The number of aromatic nitrogens is 2. The summed E-state index contributed by atoms with van der Waals surface area (Å²) in [7, 11) is 1.83. The van der Waals surface area contributed by atoms with Gasteiger partial charge in [-0.05, 0) is 25.7 Å². The van der Waals surface area contributed by atoms with Gasteiger partial charge in [0.05, 0.1) is 12.3 Å². The van der Waals surface area contributed by atoms with Crippen molar-refractivity contribution in [3.63, 3.8) is 0 Å². The van der Waals surface area contributed by atoms with Gasteiger partial charge in [0.2, 0.25) is 0 Å². The Labute approximate surface area is 103 Å². The summed E-state index contributed by atoms with van der Waals surface area (Å²) in [6.07, 6.45) is 9.53. The minimum atomic E-state index is 0.327. The molecule has 2 unspecified atom stereocenters. The predicted octanol–water partition coefficient (Wildman–Crippen LogP) is 2.27. The summed E-state index contributed by atoms with van der Waals surface area (Å²) in [4.78, 5) is 0. The quantitative estimate of drug-likeness (QED) is 0.798. The highest BCUT2D eigenvalue weighted by Crippen LogP contribution is 2.29. The van der Waals surface area contributed by atoms with Gasteiger partial charge in [-0.1, -0.05) is 12.8 Å². The monoisotopic (exact) mass is 237 g/mol. The van der Waals surface area contributed by atoms with E-state index < -0.39 is 0 Å². The summed E-state index contributed by atoms with van der Waals surface area (Å²) in [5, 5.41) is 10.3. The number of aromatic amines is 1. The van der Waals surface area contributed by atoms with Crippen molar-refractivity contribution in [3.05, 3.63) is 18.0 Å². The maximum absolute atomic E-state index is 5.62. The number of hydrogen-bond donors (Lipinski definition) is 2. The van der Waals surface area contributed by atoms with E-state index in [1.165, 1.54) is 31.2 Å². The standard InChI is InChI=1S/C13H23N3O/c1-10(12-7-15-16-8-12)14-9-13(17-2)11-5-3-4-6-11/h7-8,10-11,13-14H,3-6,9H2,1-2H3,(H,15,16). The molecule has 1 aromatic heterocycles. The van der Waals surface area contributed by atoms with Gasteiger partial charge >= 0.3 is 0 Å². The van der Waals surface area contributed by atoms with Crippen LogP contribution in [-0.2, 0) is 4.74 Å². The van der Waals surface area contributed by atoms with Crippen LogP contribution >= 0.6 is 0 Å². The van der Waals surface area contributed by atoms with E-state index >= 15 is 0 Å². The van der Waals surface area contributed by atoms with Gasteiger partial charge in [0, 0.05) is 31.5 Å². The highest BCUT2D eigenvalue weighted by atomic mass is 16.5. The Balaban J connectivity index is 1.79. The molecule has 4 heteroatoms. The molecule has 0 radical (unpaired) electrons. The zero-order valence-electron chi connectivity index (χ0n) is 10.8. The van der Waals surface area contributed by atoms with E-state index in [4.69, 9.17) is 4.74 Å². The van der Waals surface area contributed by atoms with Gasteiger partial charge in [0.1, 0.15) is 0 Å². The number of ether oxygens (including phenoxy) is 1. The van der Waals surface area contributed by atoms with Crippen LogP contribution in [0.4, 0.5) is 0 Å².